The fraction of sp³-hybridized carbons (Fsp3) is 0.586. The van der Waals surface area contributed by atoms with E-state index in [9.17, 15) is 19.5 Å². The number of hydrogen-bond donors (Lipinski definition) is 3. The maximum atomic E-state index is 13.7. The maximum absolute atomic E-state index is 13.7. The first-order valence-electron chi connectivity index (χ1n) is 14.0. The molecule has 0 saturated carbocycles. The highest BCUT2D eigenvalue weighted by Crippen LogP contribution is 2.29. The van der Waals surface area contributed by atoms with Gasteiger partial charge in [0.2, 0.25) is 17.7 Å². The van der Waals surface area contributed by atoms with Crippen LogP contribution in [0.15, 0.2) is 34.9 Å². The van der Waals surface area contributed by atoms with Crippen LogP contribution in [0.5, 0.6) is 0 Å². The number of nitrogens with zero attached hydrogens (tertiary/aromatic N) is 5. The molecule has 0 bridgehead atoms. The molecule has 1 aliphatic rings. The molecule has 11 nitrogen and oxygen atoms in total. The number of aryl methyl sites for hydroxylation is 1. The summed E-state index contributed by atoms with van der Waals surface area (Å²) in [7, 11) is 0. The zero-order chi connectivity index (χ0) is 30.2. The van der Waals surface area contributed by atoms with E-state index in [-0.39, 0.29) is 43.1 Å². The van der Waals surface area contributed by atoms with Crippen molar-refractivity contribution in [1.82, 2.24) is 20.5 Å². The molecule has 0 spiro atoms. The SMILES string of the molecule is Cc1ncsc1-c1ccc([C@H](C)NC(=O)[C@@H]2C[C@@H](O)CN2C(=O)[C@H](NC(=O)CCCCCN=[N+]=[N-])C(C)(C)C)cc1. The Morgan fingerprint density at radius 3 is 2.51 bits per heavy atom. The summed E-state index contributed by atoms with van der Waals surface area (Å²) in [6.07, 6.45) is 1.56. The first-order valence-corrected chi connectivity index (χ1v) is 14.9. The van der Waals surface area contributed by atoms with Crippen molar-refractivity contribution in [3.8, 4) is 10.4 Å². The van der Waals surface area contributed by atoms with E-state index in [0.717, 1.165) is 28.1 Å². The molecule has 2 aromatic rings. The van der Waals surface area contributed by atoms with Crippen LogP contribution in [0.1, 0.15) is 77.1 Å². The second kappa shape index (κ2) is 14.4. The van der Waals surface area contributed by atoms with Crippen molar-refractivity contribution in [3.05, 3.63) is 51.5 Å². The molecule has 41 heavy (non-hydrogen) atoms. The van der Waals surface area contributed by atoms with Crippen LogP contribution in [-0.2, 0) is 14.4 Å². The number of β-amino-alcohol motifs (C(OH)–C–C–N with tert-alkyl or cyclic N) is 1. The quantitative estimate of drug-likeness (QED) is 0.143. The number of rotatable bonds is 12. The van der Waals surface area contributed by atoms with Gasteiger partial charge >= 0.3 is 0 Å². The largest absolute Gasteiger partial charge is 0.391 e. The van der Waals surface area contributed by atoms with Crippen LogP contribution in [0, 0.1) is 12.3 Å². The molecule has 0 unspecified atom stereocenters. The van der Waals surface area contributed by atoms with Crippen molar-refractivity contribution in [3.63, 3.8) is 0 Å². The smallest absolute Gasteiger partial charge is 0.246 e. The Morgan fingerprint density at radius 1 is 1.20 bits per heavy atom. The Balaban J connectivity index is 1.64. The van der Waals surface area contributed by atoms with Gasteiger partial charge in [-0.25, -0.2) is 4.98 Å². The average Bonchev–Trinajstić information content (AvgIpc) is 3.53. The van der Waals surface area contributed by atoms with Crippen LogP contribution in [0.2, 0.25) is 0 Å². The molecule has 3 rings (SSSR count). The third-order valence-corrected chi connectivity index (χ3v) is 8.26. The first kappa shape index (κ1) is 32.0. The lowest BCUT2D eigenvalue weighted by Crippen LogP contribution is -2.57. The number of aromatic nitrogens is 1. The Labute approximate surface area is 245 Å². The summed E-state index contributed by atoms with van der Waals surface area (Å²) in [5, 5.41) is 19.8. The number of azide groups is 1. The Hall–Kier alpha value is -3.47. The molecule has 12 heteroatoms. The third-order valence-electron chi connectivity index (χ3n) is 7.29. The van der Waals surface area contributed by atoms with E-state index >= 15 is 0 Å². The molecule has 1 fully saturated rings. The van der Waals surface area contributed by atoms with E-state index in [0.29, 0.717) is 19.4 Å². The zero-order valence-electron chi connectivity index (χ0n) is 24.5. The number of hydrogen-bond acceptors (Lipinski definition) is 7. The fourth-order valence-electron chi connectivity index (χ4n) is 4.94. The second-order valence-electron chi connectivity index (χ2n) is 11.6. The van der Waals surface area contributed by atoms with Crippen LogP contribution >= 0.6 is 11.3 Å². The van der Waals surface area contributed by atoms with Crippen molar-refractivity contribution in [2.75, 3.05) is 13.1 Å². The Morgan fingerprint density at radius 2 is 1.90 bits per heavy atom. The molecular formula is C29H41N7O4S. The number of carbonyl (C=O) groups is 3. The summed E-state index contributed by atoms with van der Waals surface area (Å²) in [6.45, 7) is 9.84. The molecule has 0 aliphatic carbocycles. The highest BCUT2D eigenvalue weighted by Gasteiger charge is 2.44. The fourth-order valence-corrected chi connectivity index (χ4v) is 5.75. The van der Waals surface area contributed by atoms with Crippen LogP contribution < -0.4 is 10.6 Å². The highest BCUT2D eigenvalue weighted by molar-refractivity contribution is 7.13. The lowest BCUT2D eigenvalue weighted by Gasteiger charge is -2.35. The lowest BCUT2D eigenvalue weighted by atomic mass is 9.85. The molecule has 3 N–H and O–H groups in total. The van der Waals surface area contributed by atoms with Gasteiger partial charge in [-0.3, -0.25) is 14.4 Å². The van der Waals surface area contributed by atoms with E-state index in [2.05, 4.69) is 25.6 Å². The minimum Gasteiger partial charge on any atom is -0.391 e. The molecular weight excluding hydrogens is 542 g/mol. The van der Waals surface area contributed by atoms with Crippen LogP contribution in [0.25, 0.3) is 20.9 Å². The van der Waals surface area contributed by atoms with Gasteiger partial charge in [0, 0.05) is 30.8 Å². The number of amides is 3. The van der Waals surface area contributed by atoms with Crippen LogP contribution in [-0.4, -0.2) is 64.0 Å². The second-order valence-corrected chi connectivity index (χ2v) is 12.5. The number of carbonyl (C=O) groups excluding carboxylic acids is 3. The van der Waals surface area contributed by atoms with Gasteiger partial charge in [0.1, 0.15) is 12.1 Å². The first-order chi connectivity index (χ1) is 19.4. The normalized spacial score (nSPS) is 18.3. The van der Waals surface area contributed by atoms with Crippen LogP contribution in [0.3, 0.4) is 0 Å². The molecule has 3 amide bonds. The predicted octanol–water partition coefficient (Wildman–Crippen LogP) is 4.66. The van der Waals surface area contributed by atoms with Crippen molar-refractivity contribution in [2.24, 2.45) is 10.5 Å². The van der Waals surface area contributed by atoms with Gasteiger partial charge in [-0.05, 0) is 48.8 Å². The van der Waals surface area contributed by atoms with E-state index in [1.165, 1.54) is 4.90 Å². The molecule has 0 radical (unpaired) electrons. The van der Waals surface area contributed by atoms with Gasteiger partial charge in [0.15, 0.2) is 0 Å². The van der Waals surface area contributed by atoms with Gasteiger partial charge in [-0.1, -0.05) is 56.6 Å². The number of unbranched alkanes of at least 4 members (excludes halogenated alkanes) is 2. The summed E-state index contributed by atoms with van der Waals surface area (Å²) < 4.78 is 0. The monoisotopic (exact) mass is 583 g/mol. The average molecular weight is 584 g/mol. The molecule has 1 aromatic carbocycles. The predicted molar refractivity (Wildman–Crippen MR) is 159 cm³/mol. The van der Waals surface area contributed by atoms with E-state index in [1.807, 2.05) is 64.4 Å². The topological polar surface area (TPSA) is 160 Å². The number of nitrogens with one attached hydrogen (secondary N) is 2. The van der Waals surface area contributed by atoms with E-state index < -0.39 is 23.6 Å². The van der Waals surface area contributed by atoms with E-state index in [4.69, 9.17) is 5.53 Å². The molecule has 1 aromatic heterocycles. The number of aliphatic hydroxyl groups is 1. The lowest BCUT2D eigenvalue weighted by molar-refractivity contribution is -0.144. The summed E-state index contributed by atoms with van der Waals surface area (Å²) >= 11 is 1.58. The molecule has 4 atom stereocenters. The minimum atomic E-state index is -0.862. The summed E-state index contributed by atoms with van der Waals surface area (Å²) in [4.78, 5) is 49.4. The Kier molecular flexibility index (Phi) is 11.3. The van der Waals surface area contributed by atoms with E-state index in [1.54, 1.807) is 11.3 Å². The van der Waals surface area contributed by atoms with Crippen molar-refractivity contribution < 1.29 is 19.5 Å². The summed E-state index contributed by atoms with van der Waals surface area (Å²) in [5.41, 5.74) is 12.5. The van der Waals surface area contributed by atoms with Gasteiger partial charge in [-0.15, -0.1) is 11.3 Å². The van der Waals surface area contributed by atoms with Gasteiger partial charge in [0.25, 0.3) is 0 Å². The standard InChI is InChI=1S/C29H41N7O4S/c1-18(20-10-12-21(13-11-20)25-19(2)31-17-41-25)33-27(39)23-15-22(37)16-36(23)28(40)26(29(3,4)5)34-24(38)9-7-6-8-14-32-35-30/h10-13,17-18,22-23,26,37H,6-9,14-16H2,1-5H3,(H,33,39)(H,34,38)/t18-,22+,23-,26-/m0/s1. The number of benzene rings is 1. The number of aliphatic hydroxyl groups excluding tert-OH is 1. The molecule has 2 heterocycles. The van der Waals surface area contributed by atoms with Crippen molar-refractivity contribution >= 4 is 29.1 Å². The van der Waals surface area contributed by atoms with Crippen molar-refractivity contribution in [1.29, 1.82) is 0 Å². The van der Waals surface area contributed by atoms with Gasteiger partial charge < -0.3 is 20.6 Å². The highest BCUT2D eigenvalue weighted by atomic mass is 32.1. The van der Waals surface area contributed by atoms with Gasteiger partial charge in [-0.2, -0.15) is 0 Å². The van der Waals surface area contributed by atoms with Crippen LogP contribution in [0.4, 0.5) is 0 Å². The summed E-state index contributed by atoms with van der Waals surface area (Å²) in [6, 6.07) is 5.92. The Bertz CT molecular complexity index is 1250. The zero-order valence-corrected chi connectivity index (χ0v) is 25.3. The minimum absolute atomic E-state index is 0.0239. The van der Waals surface area contributed by atoms with Crippen molar-refractivity contribution in [2.45, 2.75) is 91.0 Å². The number of thiazole rings is 1. The van der Waals surface area contributed by atoms with Gasteiger partial charge in [0.05, 0.1) is 28.2 Å². The molecule has 1 saturated heterocycles. The third kappa shape index (κ3) is 8.76. The summed E-state index contributed by atoms with van der Waals surface area (Å²) in [5.74, 6) is -0.986. The molecule has 1 aliphatic heterocycles. The number of likely N-dealkylation sites (tertiary alicyclic amines) is 1. The molecule has 222 valence electrons. The maximum Gasteiger partial charge on any atom is 0.246 e.